The van der Waals surface area contributed by atoms with Gasteiger partial charge in [0, 0.05) is 30.7 Å². The van der Waals surface area contributed by atoms with Crippen molar-refractivity contribution in [3.63, 3.8) is 0 Å². The molecular formula is C22H23FN4O2. The van der Waals surface area contributed by atoms with E-state index in [0.717, 1.165) is 31.2 Å². The van der Waals surface area contributed by atoms with Gasteiger partial charge < -0.3 is 20.4 Å². The Morgan fingerprint density at radius 2 is 2.24 bits per heavy atom. The molecule has 150 valence electrons. The highest BCUT2D eigenvalue weighted by Gasteiger charge is 2.49. The number of hydrogen-bond donors (Lipinski definition) is 2. The van der Waals surface area contributed by atoms with Crippen molar-refractivity contribution in [1.82, 2.24) is 9.55 Å². The summed E-state index contributed by atoms with van der Waals surface area (Å²) in [5.41, 5.74) is 8.19. The number of benzene rings is 1. The number of rotatable bonds is 5. The molecule has 1 aliphatic heterocycles. The summed E-state index contributed by atoms with van der Waals surface area (Å²) in [5.74, 6) is -0.224. The number of pyridine rings is 2. The zero-order valence-electron chi connectivity index (χ0n) is 16.3. The van der Waals surface area contributed by atoms with Crippen molar-refractivity contribution in [3.05, 3.63) is 57.9 Å². The average Bonchev–Trinajstić information content (AvgIpc) is 3.50. The first-order valence-corrected chi connectivity index (χ1v) is 9.95. The average molecular weight is 394 g/mol. The minimum absolute atomic E-state index is 0.109. The van der Waals surface area contributed by atoms with Crippen LogP contribution in [0.15, 0.2) is 35.5 Å². The maximum absolute atomic E-state index is 15.2. The molecule has 6 nitrogen and oxygen atoms in total. The highest BCUT2D eigenvalue weighted by Crippen LogP contribution is 2.52. The van der Waals surface area contributed by atoms with E-state index in [1.165, 1.54) is 0 Å². The number of nitrogens with one attached hydrogen (secondary N) is 1. The zero-order chi connectivity index (χ0) is 20.2. The molecule has 1 aliphatic carbocycles. The summed E-state index contributed by atoms with van der Waals surface area (Å²) >= 11 is 0. The Morgan fingerprint density at radius 3 is 2.97 bits per heavy atom. The van der Waals surface area contributed by atoms with Gasteiger partial charge in [0.1, 0.15) is 12.3 Å². The Balaban J connectivity index is 1.53. The number of fused-ring (bicyclic) bond motifs is 1. The first-order valence-electron chi connectivity index (χ1n) is 9.95. The van der Waals surface area contributed by atoms with Crippen molar-refractivity contribution < 1.29 is 9.13 Å². The number of anilines is 2. The van der Waals surface area contributed by atoms with Crippen molar-refractivity contribution in [2.45, 2.75) is 38.1 Å². The topological polar surface area (TPSA) is 82.2 Å². The van der Waals surface area contributed by atoms with Crippen LogP contribution in [0.2, 0.25) is 0 Å². The van der Waals surface area contributed by atoms with E-state index in [4.69, 9.17) is 10.5 Å². The number of ether oxygens (including phenoxy) is 1. The summed E-state index contributed by atoms with van der Waals surface area (Å²) in [5, 5.41) is 3.39. The van der Waals surface area contributed by atoms with E-state index in [-0.39, 0.29) is 27.7 Å². The summed E-state index contributed by atoms with van der Waals surface area (Å²) in [4.78, 5) is 16.9. The van der Waals surface area contributed by atoms with Crippen LogP contribution >= 0.6 is 0 Å². The van der Waals surface area contributed by atoms with E-state index < -0.39 is 5.82 Å². The zero-order valence-corrected chi connectivity index (χ0v) is 16.3. The number of nitrogen functional groups attached to an aromatic ring is 1. The van der Waals surface area contributed by atoms with Crippen molar-refractivity contribution in [3.8, 4) is 5.75 Å². The van der Waals surface area contributed by atoms with Crippen LogP contribution in [-0.4, -0.2) is 22.7 Å². The smallest absolute Gasteiger partial charge is 0.194 e. The molecule has 3 aromatic rings. The number of nitrogens with zero attached hydrogens (tertiary/aromatic N) is 2. The number of nitrogens with two attached hydrogens (primary N) is 1. The van der Waals surface area contributed by atoms with E-state index >= 15 is 4.39 Å². The molecule has 0 atom stereocenters. The molecule has 2 aliphatic rings. The Morgan fingerprint density at radius 1 is 1.41 bits per heavy atom. The molecule has 1 saturated carbocycles. The summed E-state index contributed by atoms with van der Waals surface area (Å²) in [7, 11) is 0. The van der Waals surface area contributed by atoms with Crippen LogP contribution in [0.1, 0.15) is 30.4 Å². The lowest BCUT2D eigenvalue weighted by molar-refractivity contribution is 0.221. The summed E-state index contributed by atoms with van der Waals surface area (Å²) in [6, 6.07) is 3.92. The fourth-order valence-corrected chi connectivity index (χ4v) is 4.21. The number of halogens is 1. The quantitative estimate of drug-likeness (QED) is 0.512. The maximum atomic E-state index is 15.2. The molecule has 1 fully saturated rings. The van der Waals surface area contributed by atoms with Crippen molar-refractivity contribution >= 4 is 22.3 Å². The van der Waals surface area contributed by atoms with Gasteiger partial charge in [-0.15, -0.1) is 0 Å². The van der Waals surface area contributed by atoms with Gasteiger partial charge in [0.2, 0.25) is 0 Å². The second kappa shape index (κ2) is 6.47. The predicted octanol–water partition coefficient (Wildman–Crippen LogP) is 3.35. The highest BCUT2D eigenvalue weighted by atomic mass is 19.1. The molecular weight excluding hydrogens is 371 g/mol. The lowest BCUT2D eigenvalue weighted by atomic mass is 10.0. The molecule has 0 radical (unpaired) electrons. The van der Waals surface area contributed by atoms with Crippen molar-refractivity contribution in [2.24, 2.45) is 0 Å². The largest absolute Gasteiger partial charge is 0.487 e. The monoisotopic (exact) mass is 394 g/mol. The molecule has 1 spiro atoms. The van der Waals surface area contributed by atoms with Gasteiger partial charge in [-0.25, -0.2) is 4.39 Å². The minimum atomic E-state index is -0.616. The van der Waals surface area contributed by atoms with E-state index in [1.807, 2.05) is 24.5 Å². The molecule has 29 heavy (non-hydrogen) atoms. The second-order valence-corrected chi connectivity index (χ2v) is 8.07. The Hall–Kier alpha value is -3.09. The molecule has 5 rings (SSSR count). The van der Waals surface area contributed by atoms with Gasteiger partial charge in [-0.1, -0.05) is 6.07 Å². The Labute approximate surface area is 167 Å². The number of aromatic nitrogens is 2. The van der Waals surface area contributed by atoms with Gasteiger partial charge in [-0.2, -0.15) is 0 Å². The van der Waals surface area contributed by atoms with Gasteiger partial charge in [0.25, 0.3) is 0 Å². The van der Waals surface area contributed by atoms with Crippen LogP contribution in [0.25, 0.3) is 10.9 Å². The van der Waals surface area contributed by atoms with Crippen LogP contribution in [0, 0.1) is 12.7 Å². The van der Waals surface area contributed by atoms with Crippen molar-refractivity contribution in [1.29, 1.82) is 0 Å². The fourth-order valence-electron chi connectivity index (χ4n) is 4.21. The SMILES string of the molecule is Cc1cn2c3c(c(NCCCc4cccnc4)c(F)c(N)c3c1=O)OCC21CC1. The van der Waals surface area contributed by atoms with Crippen LogP contribution in [0.5, 0.6) is 5.75 Å². The van der Waals surface area contributed by atoms with Gasteiger partial charge in [0.05, 0.1) is 22.1 Å². The highest BCUT2D eigenvalue weighted by molar-refractivity contribution is 6.00. The minimum Gasteiger partial charge on any atom is -0.487 e. The molecule has 0 unspecified atom stereocenters. The lowest BCUT2D eigenvalue weighted by Crippen LogP contribution is -2.33. The third-order valence-electron chi connectivity index (χ3n) is 6.04. The summed E-state index contributed by atoms with van der Waals surface area (Å²) < 4.78 is 23.3. The van der Waals surface area contributed by atoms with Crippen LogP contribution in [0.4, 0.5) is 15.8 Å². The van der Waals surface area contributed by atoms with Gasteiger partial charge in [0.15, 0.2) is 17.0 Å². The molecule has 1 aromatic carbocycles. The first kappa shape index (κ1) is 18.0. The number of aryl methyl sites for hydroxylation is 2. The first-order chi connectivity index (χ1) is 14.0. The van der Waals surface area contributed by atoms with E-state index in [9.17, 15) is 4.79 Å². The normalized spacial score (nSPS) is 16.1. The molecule has 3 heterocycles. The molecule has 7 heteroatoms. The maximum Gasteiger partial charge on any atom is 0.194 e. The number of hydrogen-bond acceptors (Lipinski definition) is 5. The van der Waals surface area contributed by atoms with Gasteiger partial charge >= 0.3 is 0 Å². The van der Waals surface area contributed by atoms with Crippen LogP contribution in [-0.2, 0) is 12.0 Å². The molecule has 3 N–H and O–H groups in total. The van der Waals surface area contributed by atoms with Crippen molar-refractivity contribution in [2.75, 3.05) is 24.2 Å². The lowest BCUT2D eigenvalue weighted by Gasteiger charge is -2.31. The molecule has 0 amide bonds. The van der Waals surface area contributed by atoms with Crippen LogP contribution in [0.3, 0.4) is 0 Å². The standard InChI is InChI=1S/C22H23FN4O2/c1-13-11-27-19-15(20(13)28)17(24)16(23)18(21(19)29-12-22(27)6-7-22)26-9-3-5-14-4-2-8-25-10-14/h2,4,8,10-11,26H,3,5-7,9,12,24H2,1H3. The summed E-state index contributed by atoms with van der Waals surface area (Å²) in [6.07, 6.45) is 9.03. The Kier molecular flexibility index (Phi) is 4.01. The molecule has 2 aromatic heterocycles. The second-order valence-electron chi connectivity index (χ2n) is 8.07. The van der Waals surface area contributed by atoms with E-state index in [2.05, 4.69) is 14.9 Å². The fraction of sp³-hybridized carbons (Fsp3) is 0.364. The molecule has 0 saturated heterocycles. The van der Waals surface area contributed by atoms with E-state index in [0.29, 0.717) is 30.0 Å². The third kappa shape index (κ3) is 2.75. The van der Waals surface area contributed by atoms with E-state index in [1.54, 1.807) is 13.1 Å². The predicted molar refractivity (Wildman–Crippen MR) is 111 cm³/mol. The molecule has 0 bridgehead atoms. The van der Waals surface area contributed by atoms with Crippen LogP contribution < -0.4 is 21.2 Å². The van der Waals surface area contributed by atoms with Gasteiger partial charge in [-0.05, 0) is 44.2 Å². The third-order valence-corrected chi connectivity index (χ3v) is 6.04. The van der Waals surface area contributed by atoms with Gasteiger partial charge in [-0.3, -0.25) is 9.78 Å². The Bertz CT molecular complexity index is 1170. The summed E-state index contributed by atoms with van der Waals surface area (Å²) in [6.45, 7) is 2.78.